The second kappa shape index (κ2) is 8.92. The number of hydrogen-bond acceptors (Lipinski definition) is 5. The summed E-state index contributed by atoms with van der Waals surface area (Å²) in [6.45, 7) is 6.63. The van der Waals surface area contributed by atoms with Gasteiger partial charge in [0, 0.05) is 43.9 Å². The summed E-state index contributed by atoms with van der Waals surface area (Å²) in [6.07, 6.45) is 1.22. The number of nitrogens with zero attached hydrogens (tertiary/aromatic N) is 4. The third kappa shape index (κ3) is 4.21. The highest BCUT2D eigenvalue weighted by molar-refractivity contribution is 7.12. The van der Waals surface area contributed by atoms with Gasteiger partial charge in [-0.15, -0.1) is 11.3 Å². The lowest BCUT2D eigenvalue weighted by Crippen LogP contribution is -2.49. The van der Waals surface area contributed by atoms with Gasteiger partial charge in [0.15, 0.2) is 0 Å². The number of anilines is 1. The van der Waals surface area contributed by atoms with E-state index in [1.165, 1.54) is 17.4 Å². The van der Waals surface area contributed by atoms with Crippen molar-refractivity contribution < 1.29 is 9.18 Å². The summed E-state index contributed by atoms with van der Waals surface area (Å²) in [5, 5.41) is 1.93. The molecule has 0 bridgehead atoms. The number of aryl methyl sites for hydroxylation is 2. The van der Waals surface area contributed by atoms with Crippen molar-refractivity contribution in [3.8, 4) is 0 Å². The van der Waals surface area contributed by atoms with Crippen LogP contribution >= 0.6 is 11.3 Å². The van der Waals surface area contributed by atoms with Crippen LogP contribution in [0.5, 0.6) is 0 Å². The van der Waals surface area contributed by atoms with E-state index in [0.717, 1.165) is 34.2 Å². The van der Waals surface area contributed by atoms with Crippen LogP contribution in [-0.4, -0.2) is 47.0 Å². The van der Waals surface area contributed by atoms with E-state index in [0.29, 0.717) is 38.2 Å². The van der Waals surface area contributed by atoms with Crippen LogP contribution in [0.3, 0.4) is 0 Å². The van der Waals surface area contributed by atoms with Crippen molar-refractivity contribution in [2.24, 2.45) is 0 Å². The Labute approximate surface area is 180 Å². The van der Waals surface area contributed by atoms with E-state index in [2.05, 4.69) is 16.8 Å². The van der Waals surface area contributed by atoms with Crippen LogP contribution < -0.4 is 4.90 Å². The van der Waals surface area contributed by atoms with Gasteiger partial charge in [-0.3, -0.25) is 4.79 Å². The number of piperazine rings is 1. The standard InChI is InChI=1S/C23H25FN4OS/c1-3-20-18(15-17-7-4-5-8-19(17)24)22(26-16(2)25-20)27-10-12-28(13-11-27)23(29)21-9-6-14-30-21/h4-9,14H,3,10-13,15H2,1-2H3. The van der Waals surface area contributed by atoms with Gasteiger partial charge in [0.25, 0.3) is 5.91 Å². The Balaban J connectivity index is 1.59. The molecular formula is C23H25FN4OS. The zero-order valence-corrected chi connectivity index (χ0v) is 18.1. The number of benzene rings is 1. The molecule has 4 rings (SSSR count). The molecule has 156 valence electrons. The Hall–Kier alpha value is -2.80. The van der Waals surface area contributed by atoms with Crippen molar-refractivity contribution in [2.75, 3.05) is 31.1 Å². The number of rotatable bonds is 5. The van der Waals surface area contributed by atoms with Crippen molar-refractivity contribution in [3.63, 3.8) is 0 Å². The average molecular weight is 425 g/mol. The molecule has 0 spiro atoms. The van der Waals surface area contributed by atoms with E-state index in [9.17, 15) is 9.18 Å². The molecule has 1 fully saturated rings. The number of thiophene rings is 1. The maximum Gasteiger partial charge on any atom is 0.264 e. The molecule has 0 aliphatic carbocycles. The van der Waals surface area contributed by atoms with Crippen LogP contribution in [-0.2, 0) is 12.8 Å². The zero-order chi connectivity index (χ0) is 21.1. The number of hydrogen-bond donors (Lipinski definition) is 0. The maximum absolute atomic E-state index is 14.3. The zero-order valence-electron chi connectivity index (χ0n) is 17.3. The van der Waals surface area contributed by atoms with Crippen LogP contribution in [0.2, 0.25) is 0 Å². The van der Waals surface area contributed by atoms with Crippen molar-refractivity contribution >= 4 is 23.1 Å². The molecule has 2 aromatic heterocycles. The van der Waals surface area contributed by atoms with Crippen molar-refractivity contribution in [1.82, 2.24) is 14.9 Å². The SMILES string of the molecule is CCc1nc(C)nc(N2CCN(C(=O)c3cccs3)CC2)c1Cc1ccccc1F. The Morgan fingerprint density at radius 1 is 1.10 bits per heavy atom. The molecule has 0 N–H and O–H groups in total. The minimum absolute atomic E-state index is 0.0874. The van der Waals surface area contributed by atoms with E-state index in [1.807, 2.05) is 41.5 Å². The Morgan fingerprint density at radius 3 is 2.53 bits per heavy atom. The first-order chi connectivity index (χ1) is 14.6. The van der Waals surface area contributed by atoms with Crippen LogP contribution in [0.4, 0.5) is 10.2 Å². The normalized spacial score (nSPS) is 14.2. The first kappa shape index (κ1) is 20.5. The Morgan fingerprint density at radius 2 is 1.87 bits per heavy atom. The lowest BCUT2D eigenvalue weighted by atomic mass is 10.0. The van der Waals surface area contributed by atoms with E-state index in [1.54, 1.807) is 6.07 Å². The average Bonchev–Trinajstić information content (AvgIpc) is 3.30. The third-order valence-electron chi connectivity index (χ3n) is 5.44. The number of carbonyl (C=O) groups excluding carboxylic acids is 1. The number of amides is 1. The number of carbonyl (C=O) groups is 1. The molecule has 1 amide bonds. The van der Waals surface area contributed by atoms with E-state index >= 15 is 0 Å². The van der Waals surface area contributed by atoms with Crippen molar-refractivity contribution in [3.05, 3.63) is 75.1 Å². The van der Waals surface area contributed by atoms with Crippen molar-refractivity contribution in [2.45, 2.75) is 26.7 Å². The quantitative estimate of drug-likeness (QED) is 0.619. The number of halogens is 1. The molecule has 0 saturated carbocycles. The largest absolute Gasteiger partial charge is 0.353 e. The summed E-state index contributed by atoms with van der Waals surface area (Å²) in [7, 11) is 0. The molecule has 0 atom stereocenters. The summed E-state index contributed by atoms with van der Waals surface area (Å²) >= 11 is 1.47. The second-order valence-corrected chi connectivity index (χ2v) is 8.35. The molecule has 3 aromatic rings. The van der Waals surface area contributed by atoms with Gasteiger partial charge in [0.1, 0.15) is 17.5 Å². The topological polar surface area (TPSA) is 49.3 Å². The fraction of sp³-hybridized carbons (Fsp3) is 0.348. The van der Waals surface area contributed by atoms with Crippen LogP contribution in [0.15, 0.2) is 41.8 Å². The number of aromatic nitrogens is 2. The molecule has 0 unspecified atom stereocenters. The Kier molecular flexibility index (Phi) is 6.08. The molecule has 1 aliphatic heterocycles. The second-order valence-electron chi connectivity index (χ2n) is 7.40. The van der Waals surface area contributed by atoms with Gasteiger partial charge in [-0.05, 0) is 36.4 Å². The fourth-order valence-corrected chi connectivity index (χ4v) is 4.57. The van der Waals surface area contributed by atoms with E-state index in [4.69, 9.17) is 4.98 Å². The summed E-state index contributed by atoms with van der Waals surface area (Å²) in [4.78, 5) is 26.9. The summed E-state index contributed by atoms with van der Waals surface area (Å²) in [6, 6.07) is 10.6. The van der Waals surface area contributed by atoms with Crippen LogP contribution in [0, 0.1) is 12.7 Å². The summed E-state index contributed by atoms with van der Waals surface area (Å²) < 4.78 is 14.3. The molecule has 5 nitrogen and oxygen atoms in total. The highest BCUT2D eigenvalue weighted by atomic mass is 32.1. The summed E-state index contributed by atoms with van der Waals surface area (Å²) in [5.74, 6) is 1.46. The smallest absolute Gasteiger partial charge is 0.264 e. The van der Waals surface area contributed by atoms with Gasteiger partial charge in [-0.25, -0.2) is 14.4 Å². The highest BCUT2D eigenvalue weighted by Crippen LogP contribution is 2.27. The van der Waals surface area contributed by atoms with E-state index in [-0.39, 0.29) is 11.7 Å². The molecule has 0 radical (unpaired) electrons. The third-order valence-corrected chi connectivity index (χ3v) is 6.30. The molecule has 30 heavy (non-hydrogen) atoms. The first-order valence-corrected chi connectivity index (χ1v) is 11.1. The van der Waals surface area contributed by atoms with Gasteiger partial charge < -0.3 is 9.80 Å². The fourth-order valence-electron chi connectivity index (χ4n) is 3.88. The molecule has 1 saturated heterocycles. The minimum atomic E-state index is -0.211. The Bertz CT molecular complexity index is 1030. The van der Waals surface area contributed by atoms with Gasteiger partial charge >= 0.3 is 0 Å². The lowest BCUT2D eigenvalue weighted by molar-refractivity contribution is 0.0751. The molecule has 1 aromatic carbocycles. The van der Waals surface area contributed by atoms with Crippen LogP contribution in [0.25, 0.3) is 0 Å². The maximum atomic E-state index is 14.3. The van der Waals surface area contributed by atoms with Gasteiger partial charge in [-0.2, -0.15) is 0 Å². The molecule has 7 heteroatoms. The van der Waals surface area contributed by atoms with Crippen LogP contribution in [0.1, 0.15) is 39.2 Å². The summed E-state index contributed by atoms with van der Waals surface area (Å²) in [5.41, 5.74) is 2.58. The lowest BCUT2D eigenvalue weighted by Gasteiger charge is -2.36. The van der Waals surface area contributed by atoms with Gasteiger partial charge in [-0.1, -0.05) is 31.2 Å². The molecular weight excluding hydrogens is 399 g/mol. The van der Waals surface area contributed by atoms with E-state index < -0.39 is 0 Å². The highest BCUT2D eigenvalue weighted by Gasteiger charge is 2.26. The van der Waals surface area contributed by atoms with Gasteiger partial charge in [0.05, 0.1) is 4.88 Å². The predicted octanol–water partition coefficient (Wildman–Crippen LogP) is 4.10. The molecule has 3 heterocycles. The van der Waals surface area contributed by atoms with Crippen molar-refractivity contribution in [1.29, 1.82) is 0 Å². The molecule has 1 aliphatic rings. The predicted molar refractivity (Wildman–Crippen MR) is 118 cm³/mol. The minimum Gasteiger partial charge on any atom is -0.353 e. The van der Waals surface area contributed by atoms with Gasteiger partial charge in [0.2, 0.25) is 0 Å². The monoisotopic (exact) mass is 424 g/mol. The first-order valence-electron chi connectivity index (χ1n) is 10.2.